The topological polar surface area (TPSA) is 93.0 Å². The molecule has 0 aromatic heterocycles. The third-order valence-electron chi connectivity index (χ3n) is 4.50. The SMILES string of the molecule is OC1=CC=C(CC2CNCCc3c2cc(O)c(O)c3O)CC1. The van der Waals surface area contributed by atoms with Crippen molar-refractivity contribution in [3.63, 3.8) is 0 Å². The lowest BCUT2D eigenvalue weighted by molar-refractivity contribution is 0.363. The van der Waals surface area contributed by atoms with E-state index in [1.807, 2.05) is 6.08 Å². The Morgan fingerprint density at radius 3 is 2.55 bits per heavy atom. The maximum absolute atomic E-state index is 10.1. The zero-order chi connectivity index (χ0) is 15.7. The molecule has 22 heavy (non-hydrogen) atoms. The molecule has 5 nitrogen and oxygen atoms in total. The second-order valence-corrected chi connectivity index (χ2v) is 6.00. The van der Waals surface area contributed by atoms with E-state index in [-0.39, 0.29) is 17.4 Å². The highest BCUT2D eigenvalue weighted by Gasteiger charge is 2.25. The fourth-order valence-electron chi connectivity index (χ4n) is 3.27. The smallest absolute Gasteiger partial charge is 0.200 e. The minimum atomic E-state index is -0.441. The van der Waals surface area contributed by atoms with E-state index in [4.69, 9.17) is 0 Å². The van der Waals surface area contributed by atoms with Crippen LogP contribution in [0.1, 0.15) is 36.3 Å². The lowest BCUT2D eigenvalue weighted by Crippen LogP contribution is -2.20. The molecular weight excluding hydrogens is 282 g/mol. The van der Waals surface area contributed by atoms with Crippen molar-refractivity contribution in [2.45, 2.75) is 31.6 Å². The number of phenols is 3. The first-order valence-electron chi connectivity index (χ1n) is 7.61. The Balaban J connectivity index is 1.94. The molecule has 0 bridgehead atoms. The molecule has 118 valence electrons. The lowest BCUT2D eigenvalue weighted by atomic mass is 9.85. The summed E-state index contributed by atoms with van der Waals surface area (Å²) in [7, 11) is 0. The Bertz CT molecular complexity index is 649. The monoisotopic (exact) mass is 303 g/mol. The van der Waals surface area contributed by atoms with E-state index in [2.05, 4.69) is 5.32 Å². The van der Waals surface area contributed by atoms with Crippen molar-refractivity contribution in [1.82, 2.24) is 5.32 Å². The summed E-state index contributed by atoms with van der Waals surface area (Å²) in [6.45, 7) is 1.48. The quantitative estimate of drug-likeness (QED) is 0.542. The number of benzene rings is 1. The highest BCUT2D eigenvalue weighted by Crippen LogP contribution is 2.44. The Hall–Kier alpha value is -2.14. The molecule has 5 N–H and O–H groups in total. The second kappa shape index (κ2) is 5.93. The summed E-state index contributed by atoms with van der Waals surface area (Å²) in [4.78, 5) is 0. The van der Waals surface area contributed by atoms with Crippen LogP contribution < -0.4 is 5.32 Å². The van der Waals surface area contributed by atoms with Crippen LogP contribution in [-0.4, -0.2) is 33.5 Å². The molecule has 0 fully saturated rings. The van der Waals surface area contributed by atoms with Crippen LogP contribution in [0.25, 0.3) is 0 Å². The molecule has 0 saturated carbocycles. The van der Waals surface area contributed by atoms with Gasteiger partial charge in [0.25, 0.3) is 0 Å². The number of hydrogen-bond acceptors (Lipinski definition) is 5. The summed E-state index contributed by atoms with van der Waals surface area (Å²) < 4.78 is 0. The minimum Gasteiger partial charge on any atom is -0.512 e. The highest BCUT2D eigenvalue weighted by molar-refractivity contribution is 5.58. The number of hydrogen-bond donors (Lipinski definition) is 5. The molecule has 1 heterocycles. The molecule has 3 rings (SSSR count). The van der Waals surface area contributed by atoms with Gasteiger partial charge < -0.3 is 25.7 Å². The molecule has 1 aromatic rings. The molecule has 1 aromatic carbocycles. The van der Waals surface area contributed by atoms with Crippen LogP contribution in [0.5, 0.6) is 17.2 Å². The number of fused-ring (bicyclic) bond motifs is 1. The molecule has 1 aliphatic carbocycles. The molecule has 0 spiro atoms. The number of aliphatic hydroxyl groups excluding tert-OH is 1. The molecule has 0 saturated heterocycles. The fourth-order valence-corrected chi connectivity index (χ4v) is 3.27. The Kier molecular flexibility index (Phi) is 3.98. The second-order valence-electron chi connectivity index (χ2n) is 6.00. The zero-order valence-corrected chi connectivity index (χ0v) is 12.3. The van der Waals surface area contributed by atoms with Gasteiger partial charge in [-0.25, -0.2) is 0 Å². The zero-order valence-electron chi connectivity index (χ0n) is 12.3. The molecule has 1 atom stereocenters. The first kappa shape index (κ1) is 14.8. The summed E-state index contributed by atoms with van der Waals surface area (Å²) in [6.07, 6.45) is 6.58. The van der Waals surface area contributed by atoms with Gasteiger partial charge >= 0.3 is 0 Å². The number of rotatable bonds is 2. The van der Waals surface area contributed by atoms with Crippen LogP contribution in [0.4, 0.5) is 0 Å². The maximum Gasteiger partial charge on any atom is 0.200 e. The molecule has 5 heteroatoms. The minimum absolute atomic E-state index is 0.120. The lowest BCUT2D eigenvalue weighted by Gasteiger charge is -2.22. The van der Waals surface area contributed by atoms with Gasteiger partial charge in [0.2, 0.25) is 5.75 Å². The number of aliphatic hydroxyl groups is 1. The van der Waals surface area contributed by atoms with Gasteiger partial charge in [-0.3, -0.25) is 0 Å². The number of phenolic OH excluding ortho intramolecular Hbond substituents is 3. The molecule has 1 unspecified atom stereocenters. The van der Waals surface area contributed by atoms with E-state index < -0.39 is 5.75 Å². The van der Waals surface area contributed by atoms with Gasteiger partial charge in [0.1, 0.15) is 0 Å². The Morgan fingerprint density at radius 1 is 1.00 bits per heavy atom. The number of aromatic hydroxyl groups is 3. The number of nitrogens with one attached hydrogen (secondary N) is 1. The van der Waals surface area contributed by atoms with Gasteiger partial charge in [0.15, 0.2) is 11.5 Å². The summed E-state index contributed by atoms with van der Waals surface area (Å²) in [5.41, 5.74) is 2.84. The van der Waals surface area contributed by atoms with E-state index in [0.29, 0.717) is 24.2 Å². The predicted octanol–water partition coefficient (Wildman–Crippen LogP) is 2.58. The Morgan fingerprint density at radius 2 is 1.82 bits per heavy atom. The standard InChI is InChI=1S/C17H21NO4/c19-12-3-1-10(2-4-12)7-11-9-18-6-5-13-14(11)8-15(20)17(22)16(13)21/h1,3,8,11,18-22H,2,4-7,9H2. The van der Waals surface area contributed by atoms with Crippen molar-refractivity contribution >= 4 is 0 Å². The van der Waals surface area contributed by atoms with Crippen LogP contribution in [-0.2, 0) is 6.42 Å². The van der Waals surface area contributed by atoms with E-state index in [1.54, 1.807) is 12.1 Å². The van der Waals surface area contributed by atoms with Crippen molar-refractivity contribution in [2.24, 2.45) is 0 Å². The van der Waals surface area contributed by atoms with Crippen LogP contribution in [0.15, 0.2) is 29.6 Å². The molecule has 0 amide bonds. The van der Waals surface area contributed by atoms with E-state index in [1.165, 1.54) is 5.57 Å². The molecule has 1 aliphatic heterocycles. The number of allylic oxidation sites excluding steroid dienone is 4. The fraction of sp³-hybridized carbons (Fsp3) is 0.412. The van der Waals surface area contributed by atoms with E-state index >= 15 is 0 Å². The van der Waals surface area contributed by atoms with Crippen LogP contribution >= 0.6 is 0 Å². The van der Waals surface area contributed by atoms with Gasteiger partial charge in [-0.15, -0.1) is 0 Å². The van der Waals surface area contributed by atoms with Gasteiger partial charge in [0, 0.05) is 24.4 Å². The average Bonchev–Trinajstić information content (AvgIpc) is 2.70. The van der Waals surface area contributed by atoms with Crippen LogP contribution in [0.2, 0.25) is 0 Å². The van der Waals surface area contributed by atoms with E-state index in [0.717, 1.165) is 31.5 Å². The Labute approximate surface area is 129 Å². The maximum atomic E-state index is 10.1. The largest absolute Gasteiger partial charge is 0.512 e. The first-order chi connectivity index (χ1) is 10.6. The molecular formula is C17H21NO4. The van der Waals surface area contributed by atoms with Gasteiger partial charge in [-0.05, 0) is 43.5 Å². The average molecular weight is 303 g/mol. The summed E-state index contributed by atoms with van der Waals surface area (Å²) in [5, 5.41) is 42.4. The van der Waals surface area contributed by atoms with Crippen LogP contribution in [0, 0.1) is 0 Å². The third kappa shape index (κ3) is 2.76. The van der Waals surface area contributed by atoms with Gasteiger partial charge in [0.05, 0.1) is 5.76 Å². The summed E-state index contributed by atoms with van der Waals surface area (Å²) >= 11 is 0. The third-order valence-corrected chi connectivity index (χ3v) is 4.50. The first-order valence-corrected chi connectivity index (χ1v) is 7.61. The van der Waals surface area contributed by atoms with Crippen molar-refractivity contribution in [1.29, 1.82) is 0 Å². The van der Waals surface area contributed by atoms with Crippen molar-refractivity contribution in [2.75, 3.05) is 13.1 Å². The van der Waals surface area contributed by atoms with E-state index in [9.17, 15) is 20.4 Å². The summed E-state index contributed by atoms with van der Waals surface area (Å²) in [5.74, 6) is -0.403. The normalized spacial score (nSPS) is 21.5. The highest BCUT2D eigenvalue weighted by atomic mass is 16.3. The van der Waals surface area contributed by atoms with Gasteiger partial charge in [-0.2, -0.15) is 0 Å². The van der Waals surface area contributed by atoms with Crippen molar-refractivity contribution in [3.05, 3.63) is 40.7 Å². The molecule has 2 aliphatic rings. The molecule has 0 radical (unpaired) electrons. The van der Waals surface area contributed by atoms with Crippen molar-refractivity contribution in [3.8, 4) is 17.2 Å². The van der Waals surface area contributed by atoms with Crippen LogP contribution in [0.3, 0.4) is 0 Å². The predicted molar refractivity (Wildman–Crippen MR) is 83.4 cm³/mol. The summed E-state index contributed by atoms with van der Waals surface area (Å²) in [6, 6.07) is 1.57. The van der Waals surface area contributed by atoms with Crippen molar-refractivity contribution < 1.29 is 20.4 Å². The van der Waals surface area contributed by atoms with Gasteiger partial charge in [-0.1, -0.05) is 11.6 Å².